The topological polar surface area (TPSA) is 151 Å². The van der Waals surface area contributed by atoms with Crippen molar-refractivity contribution in [2.75, 3.05) is 57.7 Å². The van der Waals surface area contributed by atoms with E-state index in [1.807, 2.05) is 95.3 Å². The van der Waals surface area contributed by atoms with Gasteiger partial charge in [-0.1, -0.05) is 302 Å². The predicted octanol–water partition coefficient (Wildman–Crippen LogP) is 38.6. The zero-order chi connectivity index (χ0) is 95.8. The van der Waals surface area contributed by atoms with E-state index in [1.54, 1.807) is 27.7 Å². The first-order chi connectivity index (χ1) is 62.1. The zero-order valence-corrected chi connectivity index (χ0v) is 98.3. The summed E-state index contributed by atoms with van der Waals surface area (Å²) in [6, 6.07) is 75.0. The summed E-state index contributed by atoms with van der Waals surface area (Å²) < 4.78 is 74.7. The van der Waals surface area contributed by atoms with Gasteiger partial charge in [-0.05, 0) is 382 Å². The number of halogens is 12. The Kier molecular flexibility index (Phi) is 55.3. The van der Waals surface area contributed by atoms with Gasteiger partial charge in [-0.2, -0.15) is 0 Å². The first-order valence-corrected chi connectivity index (χ1v) is 57.3. The number of rotatable bonds is 30. The van der Waals surface area contributed by atoms with Crippen molar-refractivity contribution in [3.05, 3.63) is 342 Å². The van der Waals surface area contributed by atoms with Crippen molar-refractivity contribution in [2.45, 2.75) is 140 Å². The van der Waals surface area contributed by atoms with Crippen LogP contribution in [0, 0.1) is 27.7 Å². The van der Waals surface area contributed by atoms with Crippen molar-refractivity contribution in [2.24, 2.45) is 0 Å². The first-order valence-electron chi connectivity index (χ1n) is 42.5. The molecule has 12 rings (SSSR count). The van der Waals surface area contributed by atoms with Crippen molar-refractivity contribution in [1.82, 2.24) is 0 Å². The van der Waals surface area contributed by atoms with Crippen molar-refractivity contribution >= 4 is 247 Å². The molecule has 0 unspecified atom stereocenters. The van der Waals surface area contributed by atoms with Crippen LogP contribution in [-0.2, 0) is 76.6 Å². The van der Waals surface area contributed by atoms with Crippen LogP contribution in [0.5, 0.6) is 0 Å². The minimum absolute atomic E-state index is 0. The molecule has 0 amide bonds. The van der Waals surface area contributed by atoms with Crippen LogP contribution in [0.3, 0.4) is 0 Å². The average Bonchev–Trinajstić information content (AvgIpc) is 0.783. The van der Waals surface area contributed by atoms with Crippen LogP contribution < -0.4 is 11.5 Å². The maximum atomic E-state index is 13.3. The van der Waals surface area contributed by atoms with Gasteiger partial charge in [0, 0.05) is 75.2 Å². The van der Waals surface area contributed by atoms with E-state index in [4.69, 9.17) is 43.1 Å². The molecule has 0 saturated heterocycles. The maximum absolute atomic E-state index is 13.3. The van der Waals surface area contributed by atoms with Gasteiger partial charge in [-0.3, -0.25) is 9.13 Å². The summed E-state index contributed by atoms with van der Waals surface area (Å²) in [4.78, 5) is 0. The largest absolute Gasteiger partial charge is 0.399 e. The van der Waals surface area contributed by atoms with Gasteiger partial charge in [0.1, 0.15) is 0 Å². The third kappa shape index (κ3) is 38.4. The molecule has 0 saturated carbocycles. The predicted molar refractivity (Wildman–Crippen MR) is 606 cm³/mol. The minimum atomic E-state index is -3.33. The van der Waals surface area contributed by atoms with E-state index < -0.39 is 23.8 Å². The average molecular weight is 2600 g/mol. The van der Waals surface area contributed by atoms with Crippen LogP contribution in [0.15, 0.2) is 275 Å². The van der Waals surface area contributed by atoms with Gasteiger partial charge in [-0.15, -0.1) is 0 Å². The van der Waals surface area contributed by atoms with E-state index >= 15 is 0 Å². The highest BCUT2D eigenvalue weighted by molar-refractivity contribution is 9.12. The highest BCUT2D eigenvalue weighted by atomic mass is 79.9. The number of anilines is 2. The number of nitrogen functional groups attached to an aromatic ring is 2. The Labute approximate surface area is 883 Å². The van der Waals surface area contributed by atoms with Gasteiger partial charge >= 0.3 is 23.8 Å². The summed E-state index contributed by atoms with van der Waals surface area (Å²) in [5.74, 6) is 0. The molecule has 0 fully saturated rings. The molecule has 697 valence electrons. The van der Waals surface area contributed by atoms with Crippen molar-refractivity contribution in [1.29, 1.82) is 0 Å². The number of aryl methyl sites for hydroxylation is 6. The number of benzene rings is 12. The molecule has 0 bridgehead atoms. The van der Waals surface area contributed by atoms with Crippen LogP contribution in [0.4, 0.5) is 11.4 Å². The molecule has 0 heterocycles. The Morgan fingerprint density at radius 3 is 0.733 bits per heavy atom. The maximum Gasteiger partial charge on any atom is 0.335 e. The Morgan fingerprint density at radius 1 is 0.282 bits per heavy atom. The van der Waals surface area contributed by atoms with Gasteiger partial charge in [0.05, 0.1) is 58.6 Å². The monoisotopic (exact) mass is 2590 g/mol. The lowest BCUT2D eigenvalue weighted by atomic mass is 9.93. The number of nitrogens with two attached hydrogens (primary N) is 2. The highest BCUT2D eigenvalue weighted by Gasteiger charge is 2.30. The van der Waals surface area contributed by atoms with Crippen LogP contribution >= 0.6 is 215 Å². The Morgan fingerprint density at radius 2 is 0.496 bits per heavy atom. The molecule has 12 aromatic carbocycles. The number of hydrogen-bond acceptors (Lipinski definition) is 11. The number of allylic oxidation sites excluding steroid dienone is 2. The smallest absolute Gasteiger partial charge is 0.335 e. The van der Waals surface area contributed by atoms with E-state index in [-0.39, 0.29) is 47.2 Å². The second-order valence-corrected chi connectivity index (χ2v) is 44.6. The quantitative estimate of drug-likeness (QED) is 0.0192. The molecule has 27 heteroatoms. The normalized spacial score (nSPS) is 11.1. The SMILES string of the molecule is BrCc1cc(Br)ccc1-c1ccc(Br)cc1CBr.CC=Cc1cc(Br)ccc1-c1ccc(Br)cc1C=CC.CCOP(=O)(Cc1cc(Br)ccc1-c1ccc(Br)cc1CP(=O)(OCC)OCC)OCC.CCOP(OCC)OCC.CCc1cc(Br)ccc1-c1ccc(Br)cc1CC.Cc1cc(Br)ccc1-c1ccc(Br)cc1C.Cc1cc(N)ccc1-c1ccc(N)cc1C.[B]. The first kappa shape index (κ1) is 118. The molecule has 3 radical (unpaired) electrons. The summed E-state index contributed by atoms with van der Waals surface area (Å²) in [7, 11) is -7.72. The Balaban J connectivity index is 0.000000276. The van der Waals surface area contributed by atoms with E-state index in [1.165, 1.54) is 111 Å². The van der Waals surface area contributed by atoms with Crippen LogP contribution in [0.1, 0.15) is 143 Å². The molecule has 0 aliphatic carbocycles. The van der Waals surface area contributed by atoms with Crippen LogP contribution in [0.2, 0.25) is 0 Å². The molecule has 0 aliphatic heterocycles. The lowest BCUT2D eigenvalue weighted by molar-refractivity contribution is 0.176. The number of alkyl halides is 2. The van der Waals surface area contributed by atoms with Gasteiger partial charge in [-0.25, -0.2) is 0 Å². The van der Waals surface area contributed by atoms with Gasteiger partial charge in [0.25, 0.3) is 0 Å². The van der Waals surface area contributed by atoms with Crippen LogP contribution in [0.25, 0.3) is 78.9 Å². The van der Waals surface area contributed by atoms with E-state index in [2.05, 4.69) is 415 Å². The van der Waals surface area contributed by atoms with Gasteiger partial charge in [0.2, 0.25) is 0 Å². The lowest BCUT2D eigenvalue weighted by Gasteiger charge is -2.22. The summed E-state index contributed by atoms with van der Waals surface area (Å²) in [5, 5.41) is 1.69. The van der Waals surface area contributed by atoms with Crippen molar-refractivity contribution < 1.29 is 40.8 Å². The van der Waals surface area contributed by atoms with Crippen molar-refractivity contribution in [3.63, 3.8) is 0 Å². The third-order valence-corrected chi connectivity index (χ3v) is 31.1. The molecule has 0 aromatic heterocycles. The summed E-state index contributed by atoms with van der Waals surface area (Å²) in [5.41, 5.74) is 41.9. The second kappa shape index (κ2) is 61.6. The van der Waals surface area contributed by atoms with E-state index in [0.29, 0.717) is 19.8 Å². The fraction of sp³-hybridized carbons (Fsp3) is 0.269. The standard InChI is InChI=1S/C22H30Br2O6P2.C18H16Br2.C16H16Br2.C14H10Br4.C14H12Br2.C14H16N2.C6H15O3P.B/c1-5-27-31(25,28-6-2)15-17-13-19(23)9-11-21(17)22-12-10-20(24)14-18(22)16-32(26,29-7-3)30-8-4;1-3-5-13-11-15(19)7-9-17(13)18-10-8-16(20)12-14(18)6-4-2;1-3-11-9-13(17)5-7-15(11)16-8-6-14(18)10-12(16)4-2;15-7-9-5-11(17)1-3-13(9)14-4-2-12(18)6-10(14)8-16;2*1-9-7-11(15)3-5-13(9)14-6-4-12(16)8-10(14)2;1-4-7-10(8-5-2)9-6-3;/h9-14H,5-8,15-16H2,1-4H3;3-12H,1-2H3;5-10H,3-4H2,1-2H3;1-6H,7-8H2;3-8H,1-2H3;3-8H,15-16H2,1-2H3;4-6H2,1-3H3;. The molecule has 0 aliphatic rings. The van der Waals surface area contributed by atoms with Crippen LogP contribution in [-0.4, -0.2) is 54.7 Å². The summed E-state index contributed by atoms with van der Waals surface area (Å²) in [6.07, 6.45) is 10.8. The highest BCUT2D eigenvalue weighted by Crippen LogP contribution is 2.56. The Hall–Kier alpha value is -3.85. The minimum Gasteiger partial charge on any atom is -0.399 e. The molecule has 11 nitrogen and oxygen atoms in total. The molecule has 131 heavy (non-hydrogen) atoms. The zero-order valence-electron chi connectivity index (χ0n) is 76.6. The fourth-order valence-corrected chi connectivity index (χ4v) is 23.3. The second-order valence-electron chi connectivity index (χ2n) is 29.0. The molecule has 4 N–H and O–H groups in total. The Bertz CT molecular complexity index is 5250. The van der Waals surface area contributed by atoms with Gasteiger partial charge in [0.15, 0.2) is 0 Å². The molecular formula is C104H115BBr12N2O9P3. The molecule has 0 spiro atoms. The van der Waals surface area contributed by atoms with E-state index in [9.17, 15) is 9.13 Å². The molecule has 0 atom stereocenters. The molecular weight excluding hydrogens is 2480 g/mol. The van der Waals surface area contributed by atoms with Crippen molar-refractivity contribution in [3.8, 4) is 66.8 Å². The third-order valence-electron chi connectivity index (χ3n) is 19.5. The summed E-state index contributed by atoms with van der Waals surface area (Å²) >= 11 is 42.3. The lowest BCUT2D eigenvalue weighted by Crippen LogP contribution is -2.03. The fourth-order valence-electron chi connectivity index (χ4n) is 13.9. The number of hydrogen-bond donors (Lipinski definition) is 2. The van der Waals surface area contributed by atoms with Gasteiger partial charge < -0.3 is 43.1 Å². The van der Waals surface area contributed by atoms with E-state index in [0.717, 1.165) is 102 Å². The molecule has 12 aromatic rings. The summed E-state index contributed by atoms with van der Waals surface area (Å²) in [6.45, 7) is 32.9.